The largest absolute Gasteiger partial charge is 0.392 e. The van der Waals surface area contributed by atoms with Gasteiger partial charge in [-0.1, -0.05) is 18.6 Å². The molecule has 0 saturated carbocycles. The maximum atomic E-state index is 12.3. The van der Waals surface area contributed by atoms with Gasteiger partial charge in [0.15, 0.2) is 0 Å². The number of carbonyl (C=O) groups is 2. The fourth-order valence-electron chi connectivity index (χ4n) is 3.51. The van der Waals surface area contributed by atoms with Crippen LogP contribution in [0.2, 0.25) is 0 Å². The fraction of sp³-hybridized carbons (Fsp3) is 0.529. The first-order valence-corrected chi connectivity index (χ1v) is 7.97. The third-order valence-corrected chi connectivity index (χ3v) is 4.71. The lowest BCUT2D eigenvalue weighted by Crippen LogP contribution is -2.49. The van der Waals surface area contributed by atoms with E-state index in [-0.39, 0.29) is 24.0 Å². The Hall–Kier alpha value is -1.72. The average molecular weight is 302 g/mol. The summed E-state index contributed by atoms with van der Waals surface area (Å²) in [5.41, 5.74) is 0.997. The minimum Gasteiger partial charge on any atom is -0.392 e. The van der Waals surface area contributed by atoms with Gasteiger partial charge in [0.05, 0.1) is 17.2 Å². The van der Waals surface area contributed by atoms with Crippen molar-refractivity contribution < 1.29 is 14.7 Å². The van der Waals surface area contributed by atoms with Gasteiger partial charge in [-0.05, 0) is 38.4 Å². The van der Waals surface area contributed by atoms with E-state index in [2.05, 4.69) is 4.90 Å². The molecule has 5 nitrogen and oxygen atoms in total. The molecule has 1 fully saturated rings. The van der Waals surface area contributed by atoms with Crippen molar-refractivity contribution in [3.8, 4) is 0 Å². The first-order chi connectivity index (χ1) is 10.6. The van der Waals surface area contributed by atoms with Gasteiger partial charge in [0.2, 0.25) is 0 Å². The molecule has 1 aromatic carbocycles. The Bertz CT molecular complexity index is 550. The zero-order valence-electron chi connectivity index (χ0n) is 12.9. The Labute approximate surface area is 130 Å². The molecule has 5 heteroatoms. The highest BCUT2D eigenvalue weighted by molar-refractivity contribution is 6.21. The zero-order chi connectivity index (χ0) is 15.7. The number of amides is 2. The highest BCUT2D eigenvalue weighted by atomic mass is 16.3. The number of fused-ring (bicyclic) bond motifs is 1. The van der Waals surface area contributed by atoms with Gasteiger partial charge < -0.3 is 5.11 Å². The monoisotopic (exact) mass is 302 g/mol. The van der Waals surface area contributed by atoms with Crippen molar-refractivity contribution >= 4 is 11.8 Å². The van der Waals surface area contributed by atoms with Gasteiger partial charge >= 0.3 is 0 Å². The summed E-state index contributed by atoms with van der Waals surface area (Å²) < 4.78 is 0. The zero-order valence-corrected chi connectivity index (χ0v) is 12.9. The van der Waals surface area contributed by atoms with Crippen LogP contribution in [0.3, 0.4) is 0 Å². The van der Waals surface area contributed by atoms with Crippen LogP contribution in [0.1, 0.15) is 46.9 Å². The molecule has 2 amide bonds. The molecular weight excluding hydrogens is 280 g/mol. The van der Waals surface area contributed by atoms with Crippen LogP contribution in [0.25, 0.3) is 0 Å². The molecule has 0 spiro atoms. The van der Waals surface area contributed by atoms with E-state index in [1.165, 1.54) is 4.90 Å². The summed E-state index contributed by atoms with van der Waals surface area (Å²) in [4.78, 5) is 28.2. The van der Waals surface area contributed by atoms with Gasteiger partial charge in [-0.2, -0.15) is 0 Å². The van der Waals surface area contributed by atoms with Gasteiger partial charge in [-0.25, -0.2) is 0 Å². The lowest BCUT2D eigenvalue weighted by molar-refractivity contribution is 0.0300. The number of piperidine rings is 1. The van der Waals surface area contributed by atoms with Crippen LogP contribution in [0.5, 0.6) is 0 Å². The maximum Gasteiger partial charge on any atom is 0.261 e. The molecule has 0 unspecified atom stereocenters. The number of benzene rings is 1. The number of rotatable bonds is 4. The van der Waals surface area contributed by atoms with Crippen LogP contribution in [0.4, 0.5) is 0 Å². The molecule has 3 rings (SSSR count). The van der Waals surface area contributed by atoms with Crippen LogP contribution in [0, 0.1) is 0 Å². The summed E-state index contributed by atoms with van der Waals surface area (Å²) in [5.74, 6) is -0.405. The van der Waals surface area contributed by atoms with Gasteiger partial charge in [0.25, 0.3) is 11.8 Å². The number of hydrogen-bond donors (Lipinski definition) is 1. The standard InChI is InChI=1S/C17H22N2O3/c1-12(20)15-8-4-5-9-18(15)10-11-19-16(21)13-6-2-3-7-14(13)17(19)22/h2-3,6-7,12,15,20H,4-5,8-11H2,1H3/t12-,15-/m1/s1. The van der Waals surface area contributed by atoms with Gasteiger partial charge in [-0.3, -0.25) is 19.4 Å². The van der Waals surface area contributed by atoms with E-state index in [1.54, 1.807) is 24.3 Å². The molecule has 1 aromatic rings. The van der Waals surface area contributed by atoms with E-state index in [0.717, 1.165) is 25.8 Å². The first kappa shape index (κ1) is 15.2. The number of hydrogen-bond acceptors (Lipinski definition) is 4. The summed E-state index contributed by atoms with van der Waals surface area (Å²) in [6.07, 6.45) is 2.81. The predicted molar refractivity (Wildman–Crippen MR) is 82.7 cm³/mol. The Morgan fingerprint density at radius 1 is 1.14 bits per heavy atom. The molecule has 2 aliphatic rings. The molecule has 1 N–H and O–H groups in total. The van der Waals surface area contributed by atoms with Gasteiger partial charge in [0, 0.05) is 19.1 Å². The SMILES string of the molecule is C[C@@H](O)[C@H]1CCCCN1CCN1C(=O)c2ccccc2C1=O. The molecule has 0 aromatic heterocycles. The Morgan fingerprint density at radius 2 is 1.77 bits per heavy atom. The van der Waals surface area contributed by atoms with Crippen molar-refractivity contribution in [3.05, 3.63) is 35.4 Å². The number of aliphatic hydroxyl groups excluding tert-OH is 1. The summed E-state index contributed by atoms with van der Waals surface area (Å²) in [7, 11) is 0. The average Bonchev–Trinajstić information content (AvgIpc) is 2.77. The quantitative estimate of drug-likeness (QED) is 0.857. The smallest absolute Gasteiger partial charge is 0.261 e. The fourth-order valence-corrected chi connectivity index (χ4v) is 3.51. The normalized spacial score (nSPS) is 23.7. The molecule has 2 heterocycles. The number of likely N-dealkylation sites (tertiary alicyclic amines) is 1. The minimum atomic E-state index is -0.387. The number of carbonyl (C=O) groups excluding carboxylic acids is 2. The molecule has 0 aliphatic carbocycles. The van der Waals surface area contributed by atoms with Crippen molar-refractivity contribution in [2.24, 2.45) is 0 Å². The third kappa shape index (κ3) is 2.66. The number of nitrogens with zero attached hydrogens (tertiary/aromatic N) is 2. The first-order valence-electron chi connectivity index (χ1n) is 7.97. The Morgan fingerprint density at radius 3 is 2.36 bits per heavy atom. The molecule has 2 aliphatic heterocycles. The van der Waals surface area contributed by atoms with Crippen molar-refractivity contribution in [1.82, 2.24) is 9.80 Å². The van der Waals surface area contributed by atoms with Crippen molar-refractivity contribution in [1.29, 1.82) is 0 Å². The van der Waals surface area contributed by atoms with E-state index in [9.17, 15) is 14.7 Å². The number of aliphatic hydroxyl groups is 1. The van der Waals surface area contributed by atoms with Crippen molar-refractivity contribution in [2.45, 2.75) is 38.3 Å². The summed E-state index contributed by atoms with van der Waals surface area (Å²) in [6.45, 7) is 3.74. The molecule has 1 saturated heterocycles. The van der Waals surface area contributed by atoms with Crippen LogP contribution < -0.4 is 0 Å². The van der Waals surface area contributed by atoms with E-state index in [0.29, 0.717) is 24.2 Å². The maximum absolute atomic E-state index is 12.3. The second-order valence-electron chi connectivity index (χ2n) is 6.15. The van der Waals surface area contributed by atoms with E-state index >= 15 is 0 Å². The topological polar surface area (TPSA) is 60.9 Å². The Kier molecular flexibility index (Phi) is 4.27. The molecular formula is C17H22N2O3. The van der Waals surface area contributed by atoms with Crippen LogP contribution in [0.15, 0.2) is 24.3 Å². The second-order valence-corrected chi connectivity index (χ2v) is 6.15. The summed E-state index contributed by atoms with van der Waals surface area (Å²) in [6, 6.07) is 7.09. The van der Waals surface area contributed by atoms with Crippen LogP contribution >= 0.6 is 0 Å². The second kappa shape index (κ2) is 6.18. The lowest BCUT2D eigenvalue weighted by atomic mass is 9.98. The van der Waals surface area contributed by atoms with Crippen LogP contribution in [-0.2, 0) is 0 Å². The minimum absolute atomic E-state index is 0.129. The molecule has 2 atom stereocenters. The van der Waals surface area contributed by atoms with Crippen molar-refractivity contribution in [2.75, 3.05) is 19.6 Å². The van der Waals surface area contributed by atoms with Gasteiger partial charge in [0.1, 0.15) is 0 Å². The molecule has 0 bridgehead atoms. The number of imide groups is 1. The molecule has 0 radical (unpaired) electrons. The predicted octanol–water partition coefficient (Wildman–Crippen LogP) is 1.52. The molecule has 22 heavy (non-hydrogen) atoms. The summed E-state index contributed by atoms with van der Waals surface area (Å²) in [5, 5.41) is 9.90. The van der Waals surface area contributed by atoms with Crippen molar-refractivity contribution in [3.63, 3.8) is 0 Å². The Balaban J connectivity index is 1.67. The summed E-state index contributed by atoms with van der Waals surface area (Å²) >= 11 is 0. The molecule has 118 valence electrons. The van der Waals surface area contributed by atoms with E-state index in [4.69, 9.17) is 0 Å². The van der Waals surface area contributed by atoms with E-state index < -0.39 is 0 Å². The van der Waals surface area contributed by atoms with E-state index in [1.807, 2.05) is 6.92 Å². The van der Waals surface area contributed by atoms with Gasteiger partial charge in [-0.15, -0.1) is 0 Å². The highest BCUT2D eigenvalue weighted by Crippen LogP contribution is 2.24. The van der Waals surface area contributed by atoms with Crippen LogP contribution in [-0.4, -0.2) is 58.5 Å². The lowest BCUT2D eigenvalue weighted by Gasteiger charge is -2.38. The third-order valence-electron chi connectivity index (χ3n) is 4.71. The highest BCUT2D eigenvalue weighted by Gasteiger charge is 2.35.